The van der Waals surface area contributed by atoms with Crippen LogP contribution in [0.4, 0.5) is 0 Å². The lowest BCUT2D eigenvalue weighted by Gasteiger charge is -2.17. The maximum Gasteiger partial charge on any atom is 0.127 e. The number of halogens is 1. The van der Waals surface area contributed by atoms with E-state index in [1.807, 2.05) is 0 Å². The van der Waals surface area contributed by atoms with Crippen LogP contribution in [0, 0.1) is 0 Å². The zero-order valence-electron chi connectivity index (χ0n) is 11.6. The van der Waals surface area contributed by atoms with Crippen LogP contribution < -0.4 is 5.32 Å². The predicted octanol–water partition coefficient (Wildman–Crippen LogP) is 4.34. The van der Waals surface area contributed by atoms with Gasteiger partial charge in [-0.05, 0) is 50.4 Å². The van der Waals surface area contributed by atoms with Gasteiger partial charge in [-0.25, -0.2) is 4.98 Å². The van der Waals surface area contributed by atoms with Crippen molar-refractivity contribution in [3.05, 3.63) is 28.5 Å². The number of imidazole rings is 1. The molecule has 1 saturated heterocycles. The highest BCUT2D eigenvalue weighted by Gasteiger charge is 2.31. The molecule has 1 aliphatic heterocycles. The molecule has 0 spiro atoms. The molecule has 1 unspecified atom stereocenters. The molecule has 2 fully saturated rings. The van der Waals surface area contributed by atoms with Gasteiger partial charge in [-0.2, -0.15) is 0 Å². The number of rotatable bonds is 2. The molecular weight excluding hydrogens is 314 g/mol. The number of benzene rings is 1. The molecule has 4 rings (SSSR count). The average Bonchev–Trinajstić information content (AvgIpc) is 3.24. The van der Waals surface area contributed by atoms with E-state index in [-0.39, 0.29) is 0 Å². The summed E-state index contributed by atoms with van der Waals surface area (Å²) in [6.45, 7) is 1.13. The second kappa shape index (κ2) is 5.15. The lowest BCUT2D eigenvalue weighted by atomic mass is 10.1. The molecule has 1 saturated carbocycles. The topological polar surface area (TPSA) is 29.9 Å². The van der Waals surface area contributed by atoms with E-state index in [1.54, 1.807) is 0 Å². The Kier molecular flexibility index (Phi) is 3.31. The van der Waals surface area contributed by atoms with Crippen molar-refractivity contribution in [2.45, 2.75) is 50.6 Å². The molecule has 2 aliphatic rings. The van der Waals surface area contributed by atoms with Crippen molar-refractivity contribution in [2.75, 3.05) is 6.54 Å². The van der Waals surface area contributed by atoms with Crippen molar-refractivity contribution in [1.82, 2.24) is 14.9 Å². The first-order valence-electron chi connectivity index (χ1n) is 7.74. The van der Waals surface area contributed by atoms with Crippen molar-refractivity contribution in [3.8, 4) is 0 Å². The maximum atomic E-state index is 4.97. The fourth-order valence-corrected chi connectivity index (χ4v) is 3.65. The molecule has 4 heteroatoms. The minimum Gasteiger partial charge on any atom is -0.324 e. The summed E-state index contributed by atoms with van der Waals surface area (Å²) < 4.78 is 3.62. The Morgan fingerprint density at radius 1 is 1.15 bits per heavy atom. The summed E-state index contributed by atoms with van der Waals surface area (Å²) in [6.07, 6.45) is 7.79. The normalized spacial score (nSPS) is 23.9. The second-order valence-electron chi connectivity index (χ2n) is 6.06. The zero-order chi connectivity index (χ0) is 13.5. The molecule has 2 aromatic rings. The molecule has 106 valence electrons. The molecule has 3 nitrogen and oxygen atoms in total. The standard InChI is InChI=1S/C16H20BrN3/c17-11-5-8-15-14(10-11)19-16(20(15)12-6-7-12)13-4-2-1-3-9-18-13/h5,8,10,12-13,18H,1-4,6-7,9H2. The van der Waals surface area contributed by atoms with E-state index in [4.69, 9.17) is 4.98 Å². The highest BCUT2D eigenvalue weighted by molar-refractivity contribution is 9.10. The van der Waals surface area contributed by atoms with Crippen molar-refractivity contribution < 1.29 is 0 Å². The fourth-order valence-electron chi connectivity index (χ4n) is 3.30. The van der Waals surface area contributed by atoms with Gasteiger partial charge in [-0.15, -0.1) is 0 Å². The fraction of sp³-hybridized carbons (Fsp3) is 0.562. The number of nitrogens with zero attached hydrogens (tertiary/aromatic N) is 2. The van der Waals surface area contributed by atoms with E-state index < -0.39 is 0 Å². The minimum absolute atomic E-state index is 0.435. The number of nitrogens with one attached hydrogen (secondary N) is 1. The molecule has 1 N–H and O–H groups in total. The van der Waals surface area contributed by atoms with E-state index in [9.17, 15) is 0 Å². The van der Waals surface area contributed by atoms with E-state index in [2.05, 4.69) is 44.0 Å². The number of hydrogen-bond donors (Lipinski definition) is 1. The quantitative estimate of drug-likeness (QED) is 0.885. The van der Waals surface area contributed by atoms with Crippen LogP contribution in [-0.2, 0) is 0 Å². The lowest BCUT2D eigenvalue weighted by Crippen LogP contribution is -2.23. The Morgan fingerprint density at radius 2 is 2.05 bits per heavy atom. The van der Waals surface area contributed by atoms with E-state index in [0.29, 0.717) is 12.1 Å². The van der Waals surface area contributed by atoms with Crippen LogP contribution in [0.2, 0.25) is 0 Å². The Morgan fingerprint density at radius 3 is 2.90 bits per heavy atom. The molecule has 2 heterocycles. The molecular formula is C16H20BrN3. The first-order valence-corrected chi connectivity index (χ1v) is 8.53. The zero-order valence-corrected chi connectivity index (χ0v) is 13.2. The van der Waals surface area contributed by atoms with Gasteiger partial charge < -0.3 is 9.88 Å². The number of hydrogen-bond acceptors (Lipinski definition) is 2. The van der Waals surface area contributed by atoms with Crippen molar-refractivity contribution in [2.24, 2.45) is 0 Å². The summed E-state index contributed by atoms with van der Waals surface area (Å²) in [4.78, 5) is 4.97. The van der Waals surface area contributed by atoms with Gasteiger partial charge in [0.25, 0.3) is 0 Å². The molecule has 0 radical (unpaired) electrons. The maximum absolute atomic E-state index is 4.97. The van der Waals surface area contributed by atoms with Gasteiger partial charge in [0, 0.05) is 10.5 Å². The van der Waals surface area contributed by atoms with E-state index in [1.165, 1.54) is 49.9 Å². The van der Waals surface area contributed by atoms with Crippen LogP contribution in [0.3, 0.4) is 0 Å². The molecule has 0 amide bonds. The van der Waals surface area contributed by atoms with Crippen LogP contribution in [0.5, 0.6) is 0 Å². The summed E-state index contributed by atoms with van der Waals surface area (Å²) >= 11 is 3.56. The SMILES string of the molecule is Brc1ccc2c(c1)nc(C1CCCCCN1)n2C1CC1. The van der Waals surface area contributed by atoms with E-state index in [0.717, 1.165) is 16.5 Å². The Balaban J connectivity index is 1.82. The minimum atomic E-state index is 0.435. The van der Waals surface area contributed by atoms with Gasteiger partial charge in [0.1, 0.15) is 5.82 Å². The van der Waals surface area contributed by atoms with Gasteiger partial charge in [0.2, 0.25) is 0 Å². The van der Waals surface area contributed by atoms with Crippen LogP contribution in [-0.4, -0.2) is 16.1 Å². The second-order valence-corrected chi connectivity index (χ2v) is 6.98. The highest BCUT2D eigenvalue weighted by atomic mass is 79.9. The Labute approximate surface area is 127 Å². The first-order chi connectivity index (χ1) is 9.83. The smallest absolute Gasteiger partial charge is 0.127 e. The van der Waals surface area contributed by atoms with Crippen LogP contribution in [0.1, 0.15) is 56.4 Å². The number of fused-ring (bicyclic) bond motifs is 1. The molecule has 20 heavy (non-hydrogen) atoms. The molecule has 1 aliphatic carbocycles. The van der Waals surface area contributed by atoms with Gasteiger partial charge in [0.15, 0.2) is 0 Å². The molecule has 1 atom stereocenters. The monoisotopic (exact) mass is 333 g/mol. The largest absolute Gasteiger partial charge is 0.324 e. The third kappa shape index (κ3) is 2.29. The first kappa shape index (κ1) is 12.8. The molecule has 1 aromatic heterocycles. The van der Waals surface area contributed by atoms with Crippen molar-refractivity contribution in [1.29, 1.82) is 0 Å². The predicted molar refractivity (Wildman–Crippen MR) is 84.9 cm³/mol. The third-order valence-electron chi connectivity index (χ3n) is 4.46. The summed E-state index contributed by atoms with van der Waals surface area (Å²) in [7, 11) is 0. The van der Waals surface area contributed by atoms with Gasteiger partial charge in [-0.3, -0.25) is 0 Å². The lowest BCUT2D eigenvalue weighted by molar-refractivity contribution is 0.484. The molecule has 1 aromatic carbocycles. The Hall–Kier alpha value is -0.870. The van der Waals surface area contributed by atoms with Gasteiger partial charge >= 0.3 is 0 Å². The summed E-state index contributed by atoms with van der Waals surface area (Å²) in [5.41, 5.74) is 2.43. The Bertz CT molecular complexity index is 622. The van der Waals surface area contributed by atoms with Crippen molar-refractivity contribution >= 4 is 27.0 Å². The van der Waals surface area contributed by atoms with Crippen LogP contribution in [0.15, 0.2) is 22.7 Å². The average molecular weight is 334 g/mol. The summed E-state index contributed by atoms with van der Waals surface area (Å²) in [5.74, 6) is 1.27. The van der Waals surface area contributed by atoms with Gasteiger partial charge in [-0.1, -0.05) is 28.8 Å². The van der Waals surface area contributed by atoms with Crippen LogP contribution in [0.25, 0.3) is 11.0 Å². The summed E-state index contributed by atoms with van der Waals surface area (Å²) in [6, 6.07) is 7.61. The number of aromatic nitrogens is 2. The van der Waals surface area contributed by atoms with E-state index >= 15 is 0 Å². The summed E-state index contributed by atoms with van der Waals surface area (Å²) in [5, 5.41) is 3.70. The molecule has 0 bridgehead atoms. The van der Waals surface area contributed by atoms with Crippen LogP contribution >= 0.6 is 15.9 Å². The van der Waals surface area contributed by atoms with Crippen molar-refractivity contribution in [3.63, 3.8) is 0 Å². The highest BCUT2D eigenvalue weighted by Crippen LogP contribution is 2.41. The third-order valence-corrected chi connectivity index (χ3v) is 4.96. The van der Waals surface area contributed by atoms with Gasteiger partial charge in [0.05, 0.1) is 17.1 Å².